The Kier molecular flexibility index (Phi) is 3.95. The van der Waals surface area contributed by atoms with Gasteiger partial charge in [0.1, 0.15) is 11.6 Å². The summed E-state index contributed by atoms with van der Waals surface area (Å²) < 4.78 is 0.979. The Bertz CT molecular complexity index is 916. The lowest BCUT2D eigenvalue weighted by Crippen LogP contribution is -2.48. The molecule has 0 radical (unpaired) electrons. The quantitative estimate of drug-likeness (QED) is 0.811. The van der Waals surface area contributed by atoms with Gasteiger partial charge in [-0.25, -0.2) is 14.7 Å². The average molecular weight is 372 g/mol. The largest absolute Gasteiger partial charge is 0.325 e. The first-order valence-corrected chi connectivity index (χ1v) is 9.55. The molecule has 1 aliphatic carbocycles. The van der Waals surface area contributed by atoms with Crippen LogP contribution in [0, 0.1) is 6.92 Å². The second-order valence-corrected chi connectivity index (χ2v) is 8.21. The van der Waals surface area contributed by atoms with E-state index < -0.39 is 17.6 Å². The molecule has 1 aromatic carbocycles. The Morgan fingerprint density at radius 1 is 1.35 bits per heavy atom. The lowest BCUT2D eigenvalue weighted by Gasteiger charge is -2.23. The summed E-state index contributed by atoms with van der Waals surface area (Å²) in [5, 5.41) is 6.57. The summed E-state index contributed by atoms with van der Waals surface area (Å²) in [5.41, 5.74) is 0.710. The van der Waals surface area contributed by atoms with Crippen LogP contribution in [0.1, 0.15) is 37.6 Å². The zero-order valence-electron chi connectivity index (χ0n) is 14.7. The standard InChI is InChI=1S/C18H20N4O3S/c1-10(22-16(24)18(21-17(22)25)7-3-4-8-18)15(23)20-12-5-6-13-14(9-12)26-11(2)19-13/h5-6,9-10H,3-4,7-8H2,1-2H3,(H,20,23)(H,21,25). The number of aromatic nitrogens is 1. The van der Waals surface area contributed by atoms with E-state index in [1.54, 1.807) is 24.3 Å². The van der Waals surface area contributed by atoms with Crippen LogP contribution in [0.5, 0.6) is 0 Å². The van der Waals surface area contributed by atoms with E-state index in [2.05, 4.69) is 15.6 Å². The van der Waals surface area contributed by atoms with Crippen molar-refractivity contribution >= 4 is 45.1 Å². The normalized spacial score (nSPS) is 20.0. The van der Waals surface area contributed by atoms with Crippen LogP contribution in [0.4, 0.5) is 10.5 Å². The molecule has 0 bridgehead atoms. The minimum atomic E-state index is -0.874. The van der Waals surface area contributed by atoms with Crippen LogP contribution < -0.4 is 10.6 Å². The molecule has 1 atom stereocenters. The minimum absolute atomic E-state index is 0.281. The number of hydrogen-bond acceptors (Lipinski definition) is 5. The summed E-state index contributed by atoms with van der Waals surface area (Å²) in [7, 11) is 0. The van der Waals surface area contributed by atoms with Gasteiger partial charge >= 0.3 is 6.03 Å². The molecule has 136 valence electrons. The predicted octanol–water partition coefficient (Wildman–Crippen LogP) is 2.80. The zero-order valence-corrected chi connectivity index (χ0v) is 15.5. The molecule has 2 heterocycles. The Hall–Kier alpha value is -2.48. The third-order valence-electron chi connectivity index (χ3n) is 5.18. The van der Waals surface area contributed by atoms with E-state index in [0.717, 1.165) is 33.0 Å². The molecule has 1 saturated heterocycles. The van der Waals surface area contributed by atoms with Gasteiger partial charge in [0.2, 0.25) is 5.91 Å². The highest BCUT2D eigenvalue weighted by Crippen LogP contribution is 2.36. The molecule has 1 saturated carbocycles. The molecule has 2 fully saturated rings. The molecule has 1 aromatic heterocycles. The topological polar surface area (TPSA) is 91.4 Å². The van der Waals surface area contributed by atoms with E-state index in [1.807, 2.05) is 19.1 Å². The predicted molar refractivity (Wildman–Crippen MR) is 99.0 cm³/mol. The Balaban J connectivity index is 1.51. The van der Waals surface area contributed by atoms with E-state index in [0.29, 0.717) is 18.5 Å². The number of nitrogens with one attached hydrogen (secondary N) is 2. The van der Waals surface area contributed by atoms with Gasteiger partial charge in [-0.05, 0) is 44.9 Å². The fourth-order valence-corrected chi connectivity index (χ4v) is 4.66. The lowest BCUT2D eigenvalue weighted by molar-refractivity contribution is -0.136. The Labute approximate surface area is 154 Å². The minimum Gasteiger partial charge on any atom is -0.324 e. The van der Waals surface area contributed by atoms with Gasteiger partial charge in [0.15, 0.2) is 0 Å². The van der Waals surface area contributed by atoms with Gasteiger partial charge in [0, 0.05) is 5.69 Å². The van der Waals surface area contributed by atoms with Gasteiger partial charge in [-0.2, -0.15) is 0 Å². The van der Waals surface area contributed by atoms with Crippen molar-refractivity contribution < 1.29 is 14.4 Å². The Morgan fingerprint density at radius 2 is 2.08 bits per heavy atom. The molecule has 2 N–H and O–H groups in total. The fraction of sp³-hybridized carbons (Fsp3) is 0.444. The third-order valence-corrected chi connectivity index (χ3v) is 6.11. The van der Waals surface area contributed by atoms with Gasteiger partial charge in [-0.1, -0.05) is 12.8 Å². The maximum Gasteiger partial charge on any atom is 0.325 e. The number of urea groups is 1. The first-order chi connectivity index (χ1) is 12.4. The van der Waals surface area contributed by atoms with Gasteiger partial charge in [0.25, 0.3) is 5.91 Å². The molecule has 7 nitrogen and oxygen atoms in total. The van der Waals surface area contributed by atoms with Gasteiger partial charge in [-0.3, -0.25) is 9.59 Å². The van der Waals surface area contributed by atoms with E-state index in [1.165, 1.54) is 0 Å². The van der Waals surface area contributed by atoms with Crippen molar-refractivity contribution in [1.29, 1.82) is 0 Å². The summed E-state index contributed by atoms with van der Waals surface area (Å²) in [4.78, 5) is 43.2. The second kappa shape index (κ2) is 6.05. The second-order valence-electron chi connectivity index (χ2n) is 6.98. The number of amides is 4. The van der Waals surface area contributed by atoms with E-state index in [4.69, 9.17) is 0 Å². The van der Waals surface area contributed by atoms with E-state index >= 15 is 0 Å². The van der Waals surface area contributed by atoms with E-state index in [9.17, 15) is 14.4 Å². The number of carbonyl (C=O) groups excluding carboxylic acids is 3. The molecule has 2 aromatic rings. The number of anilines is 1. The average Bonchev–Trinajstić information content (AvgIpc) is 3.26. The molecule has 26 heavy (non-hydrogen) atoms. The number of thiazole rings is 1. The van der Waals surface area contributed by atoms with Gasteiger partial charge < -0.3 is 10.6 Å². The maximum atomic E-state index is 12.8. The number of aryl methyl sites for hydroxylation is 1. The first kappa shape index (κ1) is 17.0. The van der Waals surface area contributed by atoms with Gasteiger partial charge in [0.05, 0.1) is 15.2 Å². The Morgan fingerprint density at radius 3 is 2.81 bits per heavy atom. The highest BCUT2D eigenvalue weighted by atomic mass is 32.1. The third kappa shape index (κ3) is 2.65. The molecule has 2 aliphatic rings. The first-order valence-electron chi connectivity index (χ1n) is 8.73. The van der Waals surface area contributed by atoms with Crippen molar-refractivity contribution in [1.82, 2.24) is 15.2 Å². The van der Waals surface area contributed by atoms with Crippen molar-refractivity contribution in [3.05, 3.63) is 23.2 Å². The highest BCUT2D eigenvalue weighted by molar-refractivity contribution is 7.18. The fourth-order valence-electron chi connectivity index (χ4n) is 3.79. The van der Waals surface area contributed by atoms with Crippen LogP contribution in [-0.2, 0) is 9.59 Å². The summed E-state index contributed by atoms with van der Waals surface area (Å²) in [6.45, 7) is 3.51. The van der Waals surface area contributed by atoms with Crippen molar-refractivity contribution in [2.75, 3.05) is 5.32 Å². The summed E-state index contributed by atoms with van der Waals surface area (Å²) in [6, 6.07) is 4.13. The monoisotopic (exact) mass is 372 g/mol. The SMILES string of the molecule is Cc1nc2ccc(NC(=O)C(C)N3C(=O)NC4(CCCC4)C3=O)cc2s1. The molecule has 1 aliphatic heterocycles. The lowest BCUT2D eigenvalue weighted by atomic mass is 9.97. The molecule has 8 heteroatoms. The van der Waals surface area contributed by atoms with Crippen LogP contribution in [-0.4, -0.2) is 39.3 Å². The summed E-state index contributed by atoms with van der Waals surface area (Å²) in [5.74, 6) is -0.666. The van der Waals surface area contributed by atoms with Crippen molar-refractivity contribution in [2.24, 2.45) is 0 Å². The van der Waals surface area contributed by atoms with Crippen molar-refractivity contribution in [2.45, 2.75) is 51.1 Å². The van der Waals surface area contributed by atoms with Crippen LogP contribution in [0.2, 0.25) is 0 Å². The van der Waals surface area contributed by atoms with Crippen molar-refractivity contribution in [3.8, 4) is 0 Å². The number of hydrogen-bond donors (Lipinski definition) is 2. The van der Waals surface area contributed by atoms with Crippen LogP contribution in [0.25, 0.3) is 10.2 Å². The number of carbonyl (C=O) groups is 3. The van der Waals surface area contributed by atoms with Gasteiger partial charge in [-0.15, -0.1) is 11.3 Å². The summed E-state index contributed by atoms with van der Waals surface area (Å²) >= 11 is 1.55. The van der Waals surface area contributed by atoms with Crippen LogP contribution >= 0.6 is 11.3 Å². The highest BCUT2D eigenvalue weighted by Gasteiger charge is 2.54. The summed E-state index contributed by atoms with van der Waals surface area (Å²) in [6.07, 6.45) is 3.11. The molecular formula is C18H20N4O3S. The van der Waals surface area contributed by atoms with Crippen molar-refractivity contribution in [3.63, 3.8) is 0 Å². The smallest absolute Gasteiger partial charge is 0.324 e. The molecule has 4 amide bonds. The molecule has 1 spiro atoms. The number of nitrogens with zero attached hydrogens (tertiary/aromatic N) is 2. The number of imide groups is 1. The van der Waals surface area contributed by atoms with E-state index in [-0.39, 0.29) is 11.8 Å². The number of fused-ring (bicyclic) bond motifs is 1. The van der Waals surface area contributed by atoms with Crippen LogP contribution in [0.15, 0.2) is 18.2 Å². The molecular weight excluding hydrogens is 352 g/mol. The number of rotatable bonds is 3. The maximum absolute atomic E-state index is 12.8. The van der Waals surface area contributed by atoms with Crippen LogP contribution in [0.3, 0.4) is 0 Å². The number of benzene rings is 1. The molecule has 4 rings (SSSR count). The molecule has 1 unspecified atom stereocenters. The zero-order chi connectivity index (χ0) is 18.5.